The molecule has 1 atom stereocenters. The molecule has 122 valence electrons. The molecule has 0 fully saturated rings. The maximum absolute atomic E-state index is 13.6. The fraction of sp³-hybridized carbons (Fsp3) is 0.385. The van der Waals surface area contributed by atoms with Gasteiger partial charge in [-0.3, -0.25) is 0 Å². The van der Waals surface area contributed by atoms with Crippen LogP contribution >= 0.6 is 45.2 Å². The van der Waals surface area contributed by atoms with E-state index in [1.807, 2.05) is 0 Å². The topological polar surface area (TPSA) is 86.7 Å². The van der Waals surface area contributed by atoms with Gasteiger partial charge in [-0.25, -0.2) is 4.79 Å². The maximum atomic E-state index is 13.6. The summed E-state index contributed by atoms with van der Waals surface area (Å²) in [6.07, 6.45) is -2.16. The van der Waals surface area contributed by atoms with Crippen molar-refractivity contribution in [2.45, 2.75) is 25.9 Å². The largest absolute Gasteiger partial charge is 0.544 e. The van der Waals surface area contributed by atoms with Crippen LogP contribution in [0, 0.1) is 13.1 Å². The monoisotopic (exact) mass is 539 g/mol. The average molecular weight is 539 g/mol. The van der Waals surface area contributed by atoms with Gasteiger partial charge >= 0.3 is 11.9 Å². The highest BCUT2D eigenvalue weighted by molar-refractivity contribution is 14.1. The predicted molar refractivity (Wildman–Crippen MR) is 87.5 cm³/mol. The first kappa shape index (κ1) is 19.3. The van der Waals surface area contributed by atoms with Gasteiger partial charge in [0.25, 0.3) is 0 Å². The summed E-state index contributed by atoms with van der Waals surface area (Å²) in [6, 6.07) is 2.52. The van der Waals surface area contributed by atoms with E-state index >= 15 is 0 Å². The van der Waals surface area contributed by atoms with E-state index in [1.54, 1.807) is 45.2 Å². The number of phenolic OH excluding ortho intramolecular Hbond substituents is 1. The lowest BCUT2D eigenvalue weighted by Gasteiger charge is -2.30. The molecule has 0 saturated carbocycles. The average Bonchev–Trinajstić information content (AvgIpc) is 2.40. The van der Waals surface area contributed by atoms with Crippen molar-refractivity contribution in [3.8, 4) is 5.75 Å². The number of rotatable bonds is 5. The molecular weight excluding hydrogens is 528 g/mol. The normalized spacial score (nSPS) is 13.0. The SMILES string of the molecule is CC(C)C(OC(=O)c1cc(I)c(O)c(I)c1)C(F)(F)C(=O)[O-]. The van der Waals surface area contributed by atoms with Crippen LogP contribution in [0.4, 0.5) is 8.78 Å². The summed E-state index contributed by atoms with van der Waals surface area (Å²) in [5, 5.41) is 20.2. The summed E-state index contributed by atoms with van der Waals surface area (Å²) >= 11 is 3.54. The van der Waals surface area contributed by atoms with Gasteiger partial charge in [-0.05, 0) is 63.2 Å². The Labute approximate surface area is 152 Å². The quantitative estimate of drug-likeness (QED) is 0.459. The van der Waals surface area contributed by atoms with Crippen LogP contribution in [0.15, 0.2) is 12.1 Å². The van der Waals surface area contributed by atoms with Gasteiger partial charge in [0.15, 0.2) is 6.10 Å². The zero-order valence-corrected chi connectivity index (χ0v) is 15.7. The molecule has 0 aliphatic rings. The van der Waals surface area contributed by atoms with E-state index in [9.17, 15) is 28.6 Å². The first-order valence-electron chi connectivity index (χ1n) is 5.96. The van der Waals surface area contributed by atoms with E-state index in [-0.39, 0.29) is 11.3 Å². The third kappa shape index (κ3) is 4.18. The Kier molecular flexibility index (Phi) is 6.36. The highest BCUT2D eigenvalue weighted by Crippen LogP contribution is 2.30. The summed E-state index contributed by atoms with van der Waals surface area (Å²) in [4.78, 5) is 22.5. The number of aromatic hydroxyl groups is 1. The van der Waals surface area contributed by atoms with Crippen LogP contribution in [0.1, 0.15) is 24.2 Å². The molecule has 0 radical (unpaired) electrons. The van der Waals surface area contributed by atoms with Crippen molar-refractivity contribution in [1.29, 1.82) is 0 Å². The molecule has 0 spiro atoms. The van der Waals surface area contributed by atoms with E-state index in [2.05, 4.69) is 4.74 Å². The Hall–Kier alpha value is -0.720. The number of phenols is 1. The lowest BCUT2D eigenvalue weighted by molar-refractivity contribution is -0.337. The van der Waals surface area contributed by atoms with E-state index in [1.165, 1.54) is 26.0 Å². The van der Waals surface area contributed by atoms with Crippen LogP contribution in [-0.2, 0) is 9.53 Å². The minimum absolute atomic E-state index is 0.0433. The summed E-state index contributed by atoms with van der Waals surface area (Å²) < 4.78 is 32.5. The van der Waals surface area contributed by atoms with E-state index in [0.717, 1.165) is 0 Å². The molecule has 0 amide bonds. The number of aliphatic carboxylic acids is 1. The number of hydrogen-bond acceptors (Lipinski definition) is 5. The summed E-state index contributed by atoms with van der Waals surface area (Å²) in [5.74, 6) is -8.99. The van der Waals surface area contributed by atoms with Crippen molar-refractivity contribution < 1.29 is 33.3 Å². The fourth-order valence-electron chi connectivity index (χ4n) is 1.61. The minimum Gasteiger partial charge on any atom is -0.544 e. The summed E-state index contributed by atoms with van der Waals surface area (Å²) in [6.45, 7) is 2.61. The smallest absolute Gasteiger partial charge is 0.338 e. The number of ether oxygens (including phenoxy) is 1. The lowest BCUT2D eigenvalue weighted by atomic mass is 10.0. The number of carbonyl (C=O) groups is 2. The first-order chi connectivity index (χ1) is 9.98. The van der Waals surface area contributed by atoms with Gasteiger partial charge in [0, 0.05) is 0 Å². The Morgan fingerprint density at radius 1 is 1.27 bits per heavy atom. The molecule has 1 rings (SSSR count). The molecule has 5 nitrogen and oxygen atoms in total. The van der Waals surface area contributed by atoms with Gasteiger partial charge in [0.05, 0.1) is 12.7 Å². The molecule has 9 heteroatoms. The molecule has 0 aliphatic heterocycles. The van der Waals surface area contributed by atoms with Gasteiger partial charge in [0.2, 0.25) is 0 Å². The van der Waals surface area contributed by atoms with Gasteiger partial charge in [0.1, 0.15) is 11.7 Å². The molecule has 0 heterocycles. The molecule has 0 aromatic heterocycles. The van der Waals surface area contributed by atoms with Crippen molar-refractivity contribution in [2.75, 3.05) is 0 Å². The highest BCUT2D eigenvalue weighted by atomic mass is 127. The van der Waals surface area contributed by atoms with E-state index < -0.39 is 29.9 Å². The minimum atomic E-state index is -4.30. The van der Waals surface area contributed by atoms with Crippen LogP contribution < -0.4 is 5.11 Å². The molecule has 1 unspecified atom stereocenters. The second-order valence-electron chi connectivity index (χ2n) is 4.77. The Morgan fingerprint density at radius 3 is 2.09 bits per heavy atom. The number of carbonyl (C=O) groups excluding carboxylic acids is 2. The molecule has 0 saturated heterocycles. The summed E-state index contributed by atoms with van der Waals surface area (Å²) in [7, 11) is 0. The van der Waals surface area contributed by atoms with Gasteiger partial charge in [-0.15, -0.1) is 0 Å². The Balaban J connectivity index is 3.10. The second kappa shape index (κ2) is 7.23. The maximum Gasteiger partial charge on any atom is 0.338 e. The molecule has 0 aliphatic carbocycles. The molecule has 1 N–H and O–H groups in total. The Bertz CT molecular complexity index is 581. The standard InChI is InChI=1S/C13H12F2I2O5/c1-5(2)10(13(14,15)12(20)21)22-11(19)6-3-7(16)9(18)8(17)4-6/h3-5,10,18H,1-2H3,(H,20,21)/p-1. The van der Waals surface area contributed by atoms with Crippen LogP contribution in [0.5, 0.6) is 5.75 Å². The second-order valence-corrected chi connectivity index (χ2v) is 7.09. The third-order valence-corrected chi connectivity index (χ3v) is 4.37. The zero-order chi connectivity index (χ0) is 17.2. The summed E-state index contributed by atoms with van der Waals surface area (Å²) in [5.41, 5.74) is -0.0635. The van der Waals surface area contributed by atoms with Crippen molar-refractivity contribution in [2.24, 2.45) is 5.92 Å². The number of esters is 1. The van der Waals surface area contributed by atoms with Crippen LogP contribution in [0.2, 0.25) is 0 Å². The van der Waals surface area contributed by atoms with Crippen molar-refractivity contribution in [3.63, 3.8) is 0 Å². The van der Waals surface area contributed by atoms with E-state index in [4.69, 9.17) is 0 Å². The van der Waals surface area contributed by atoms with Crippen LogP contribution in [0.3, 0.4) is 0 Å². The number of alkyl halides is 2. The van der Waals surface area contributed by atoms with E-state index in [0.29, 0.717) is 7.14 Å². The number of hydrogen-bond donors (Lipinski definition) is 1. The molecular formula is C13H11F2I2O5-. The van der Waals surface area contributed by atoms with Crippen LogP contribution in [0.25, 0.3) is 0 Å². The first-order valence-corrected chi connectivity index (χ1v) is 8.12. The number of benzene rings is 1. The van der Waals surface area contributed by atoms with Gasteiger partial charge in [-0.1, -0.05) is 13.8 Å². The molecule has 0 bridgehead atoms. The van der Waals surface area contributed by atoms with Crippen molar-refractivity contribution >= 4 is 57.1 Å². The predicted octanol–water partition coefficient (Wildman–Crippen LogP) is 2.17. The van der Waals surface area contributed by atoms with Gasteiger partial charge < -0.3 is 19.7 Å². The number of carboxylic acids is 1. The molecule has 1 aromatic carbocycles. The third-order valence-electron chi connectivity index (χ3n) is 2.72. The van der Waals surface area contributed by atoms with Gasteiger partial charge in [-0.2, -0.15) is 8.78 Å². The van der Waals surface area contributed by atoms with Crippen molar-refractivity contribution in [3.05, 3.63) is 24.8 Å². The zero-order valence-electron chi connectivity index (χ0n) is 11.4. The Morgan fingerprint density at radius 2 is 1.73 bits per heavy atom. The molecule has 1 aromatic rings. The fourth-order valence-corrected chi connectivity index (χ4v) is 3.38. The van der Waals surface area contributed by atoms with Crippen LogP contribution in [-0.4, -0.2) is 29.1 Å². The highest BCUT2D eigenvalue weighted by Gasteiger charge is 2.46. The number of halogens is 4. The molecule has 22 heavy (non-hydrogen) atoms. The van der Waals surface area contributed by atoms with Crippen molar-refractivity contribution in [1.82, 2.24) is 0 Å². The lowest BCUT2D eigenvalue weighted by Crippen LogP contribution is -2.53. The number of carboxylic acid groups (broad SMARTS) is 1.